The molecule has 0 aliphatic carbocycles. The Labute approximate surface area is 189 Å². The van der Waals surface area contributed by atoms with Crippen molar-refractivity contribution in [2.45, 2.75) is 26.3 Å². The molecule has 3 aromatic rings. The van der Waals surface area contributed by atoms with Gasteiger partial charge in [0.2, 0.25) is 0 Å². The molecule has 1 aliphatic heterocycles. The average Bonchev–Trinajstić information content (AvgIpc) is 2.81. The average molecular weight is 450 g/mol. The van der Waals surface area contributed by atoms with Crippen LogP contribution in [0.4, 0.5) is 14.9 Å². The van der Waals surface area contributed by atoms with Gasteiger partial charge in [-0.1, -0.05) is 18.2 Å². The maximum absolute atomic E-state index is 13.9. The van der Waals surface area contributed by atoms with E-state index >= 15 is 0 Å². The van der Waals surface area contributed by atoms with Crippen molar-refractivity contribution in [2.24, 2.45) is 0 Å². The molecule has 2 amide bonds. The highest BCUT2D eigenvalue weighted by molar-refractivity contribution is 5.92. The molecule has 8 nitrogen and oxygen atoms in total. The largest absolute Gasteiger partial charge is 0.462 e. The fraction of sp³-hybridized carbons (Fsp3) is 0.250. The van der Waals surface area contributed by atoms with E-state index in [0.717, 1.165) is 0 Å². The molecule has 0 bridgehead atoms. The summed E-state index contributed by atoms with van der Waals surface area (Å²) < 4.78 is 18.9. The van der Waals surface area contributed by atoms with E-state index < -0.39 is 5.97 Å². The number of amides is 2. The Hall–Kier alpha value is -4.01. The predicted molar refractivity (Wildman–Crippen MR) is 120 cm³/mol. The van der Waals surface area contributed by atoms with Crippen LogP contribution >= 0.6 is 0 Å². The van der Waals surface area contributed by atoms with Crippen molar-refractivity contribution >= 4 is 17.7 Å². The van der Waals surface area contributed by atoms with Gasteiger partial charge in [-0.05, 0) is 42.8 Å². The third-order valence-corrected chi connectivity index (χ3v) is 5.37. The summed E-state index contributed by atoms with van der Waals surface area (Å²) in [5.41, 5.74) is 2.07. The van der Waals surface area contributed by atoms with E-state index in [9.17, 15) is 18.8 Å². The van der Waals surface area contributed by atoms with Crippen LogP contribution in [0.15, 0.2) is 53.3 Å². The highest BCUT2D eigenvalue weighted by Gasteiger charge is 2.25. The summed E-state index contributed by atoms with van der Waals surface area (Å²) in [5, 5.41) is 2.77. The number of carbonyl (C=O) groups is 2. The lowest BCUT2D eigenvalue weighted by atomic mass is 10.1. The highest BCUT2D eigenvalue weighted by Crippen LogP contribution is 2.18. The number of esters is 1. The Balaban J connectivity index is 1.43. The molecule has 0 saturated heterocycles. The Kier molecular flexibility index (Phi) is 6.48. The first-order valence-corrected chi connectivity index (χ1v) is 10.6. The van der Waals surface area contributed by atoms with E-state index in [2.05, 4.69) is 15.3 Å². The monoisotopic (exact) mass is 450 g/mol. The maximum atomic E-state index is 13.9. The van der Waals surface area contributed by atoms with Crippen LogP contribution in [0, 0.1) is 5.82 Å². The number of aromatic amines is 1. The highest BCUT2D eigenvalue weighted by atomic mass is 19.1. The zero-order chi connectivity index (χ0) is 23.4. The number of urea groups is 1. The van der Waals surface area contributed by atoms with Crippen molar-refractivity contribution in [3.63, 3.8) is 0 Å². The number of nitrogens with zero attached hydrogens (tertiary/aromatic N) is 2. The van der Waals surface area contributed by atoms with Crippen molar-refractivity contribution in [1.82, 2.24) is 14.9 Å². The van der Waals surface area contributed by atoms with Gasteiger partial charge in [-0.3, -0.25) is 4.79 Å². The second-order valence-electron chi connectivity index (χ2n) is 7.61. The molecule has 0 atom stereocenters. The number of carbonyl (C=O) groups excluding carboxylic acids is 2. The second kappa shape index (κ2) is 9.64. The smallest absolute Gasteiger partial charge is 0.338 e. The van der Waals surface area contributed by atoms with Gasteiger partial charge in [0.05, 0.1) is 30.0 Å². The Morgan fingerprint density at radius 1 is 1.18 bits per heavy atom. The third-order valence-electron chi connectivity index (χ3n) is 5.37. The van der Waals surface area contributed by atoms with Gasteiger partial charge in [-0.15, -0.1) is 0 Å². The molecule has 2 aromatic carbocycles. The molecular weight excluding hydrogens is 427 g/mol. The van der Waals surface area contributed by atoms with Gasteiger partial charge in [0, 0.05) is 25.1 Å². The molecule has 0 saturated carbocycles. The molecule has 0 unspecified atom stereocenters. The van der Waals surface area contributed by atoms with Crippen LogP contribution in [0.1, 0.15) is 39.9 Å². The zero-order valence-corrected chi connectivity index (χ0v) is 18.1. The number of H-pyrrole nitrogens is 1. The van der Waals surface area contributed by atoms with E-state index in [1.165, 1.54) is 11.0 Å². The summed E-state index contributed by atoms with van der Waals surface area (Å²) >= 11 is 0. The molecule has 9 heteroatoms. The summed E-state index contributed by atoms with van der Waals surface area (Å²) in [6.07, 6.45) is 0.597. The number of ether oxygens (including phenoxy) is 1. The van der Waals surface area contributed by atoms with Gasteiger partial charge in [0.15, 0.2) is 0 Å². The summed E-state index contributed by atoms with van der Waals surface area (Å²) in [7, 11) is 0. The lowest BCUT2D eigenvalue weighted by Crippen LogP contribution is -2.42. The molecule has 33 heavy (non-hydrogen) atoms. The normalized spacial score (nSPS) is 12.7. The first-order chi connectivity index (χ1) is 15.9. The fourth-order valence-electron chi connectivity index (χ4n) is 3.66. The summed E-state index contributed by atoms with van der Waals surface area (Å²) in [6, 6.07) is 12.4. The van der Waals surface area contributed by atoms with Crippen LogP contribution in [-0.2, 0) is 24.1 Å². The van der Waals surface area contributed by atoms with Gasteiger partial charge in [-0.2, -0.15) is 0 Å². The number of fused-ring (bicyclic) bond motifs is 1. The van der Waals surface area contributed by atoms with Crippen molar-refractivity contribution in [3.05, 3.63) is 92.9 Å². The van der Waals surface area contributed by atoms with E-state index in [1.807, 2.05) is 0 Å². The minimum Gasteiger partial charge on any atom is -0.462 e. The number of rotatable bonds is 5. The van der Waals surface area contributed by atoms with Crippen molar-refractivity contribution in [1.29, 1.82) is 0 Å². The van der Waals surface area contributed by atoms with Crippen molar-refractivity contribution in [3.8, 4) is 0 Å². The first-order valence-electron chi connectivity index (χ1n) is 10.6. The predicted octanol–water partition coefficient (Wildman–Crippen LogP) is 3.27. The number of hydrogen-bond donors (Lipinski definition) is 2. The number of halogens is 1. The van der Waals surface area contributed by atoms with Crippen LogP contribution in [0.3, 0.4) is 0 Å². The summed E-state index contributed by atoms with van der Waals surface area (Å²) in [6.45, 7) is 2.51. The molecule has 4 rings (SSSR count). The van der Waals surface area contributed by atoms with Crippen LogP contribution < -0.4 is 10.9 Å². The Morgan fingerprint density at radius 3 is 2.67 bits per heavy atom. The van der Waals surface area contributed by atoms with Gasteiger partial charge in [0.25, 0.3) is 5.56 Å². The lowest BCUT2D eigenvalue weighted by molar-refractivity contribution is 0.0526. The van der Waals surface area contributed by atoms with Crippen molar-refractivity contribution in [2.75, 3.05) is 18.5 Å². The van der Waals surface area contributed by atoms with E-state index in [1.54, 1.807) is 49.4 Å². The Morgan fingerprint density at radius 2 is 1.94 bits per heavy atom. The minimum atomic E-state index is -0.427. The Bertz CT molecular complexity index is 1240. The molecule has 1 aromatic heterocycles. The van der Waals surface area contributed by atoms with E-state index in [4.69, 9.17) is 4.74 Å². The number of aromatic nitrogens is 2. The minimum absolute atomic E-state index is 0.115. The van der Waals surface area contributed by atoms with E-state index in [-0.39, 0.29) is 37.0 Å². The molecule has 0 radical (unpaired) electrons. The second-order valence-corrected chi connectivity index (χ2v) is 7.61. The van der Waals surface area contributed by atoms with E-state index in [0.29, 0.717) is 46.9 Å². The molecular formula is C24H23FN4O4. The number of anilines is 1. The van der Waals surface area contributed by atoms with Gasteiger partial charge < -0.3 is 19.9 Å². The van der Waals surface area contributed by atoms with Gasteiger partial charge in [-0.25, -0.2) is 19.0 Å². The number of benzene rings is 2. The van der Waals surface area contributed by atoms with Gasteiger partial charge in [0.1, 0.15) is 11.6 Å². The SMILES string of the molecule is CCOC(=O)c1ccc(NC(=O)N2CCc3nc(Cc4ccccc4F)[nH]c(=O)c3C2)cc1. The van der Waals surface area contributed by atoms with Crippen LogP contribution in [0.2, 0.25) is 0 Å². The maximum Gasteiger partial charge on any atom is 0.338 e. The summed E-state index contributed by atoms with van der Waals surface area (Å²) in [4.78, 5) is 45.8. The van der Waals surface area contributed by atoms with Gasteiger partial charge >= 0.3 is 12.0 Å². The standard InChI is InChI=1S/C24H23FN4O4/c1-2-33-23(31)15-7-9-17(10-8-15)26-24(32)29-12-11-20-18(14-29)22(30)28-21(27-20)13-16-5-3-4-6-19(16)25/h3-10H,2,11-14H2,1H3,(H,26,32)(H,27,28,30). The molecule has 0 fully saturated rings. The quantitative estimate of drug-likeness (QED) is 0.581. The molecule has 170 valence electrons. The zero-order valence-electron chi connectivity index (χ0n) is 18.1. The fourth-order valence-corrected chi connectivity index (χ4v) is 3.66. The molecule has 2 heterocycles. The van der Waals surface area contributed by atoms with Crippen molar-refractivity contribution < 1.29 is 18.7 Å². The van der Waals surface area contributed by atoms with Crippen LogP contribution in [-0.4, -0.2) is 40.0 Å². The molecule has 0 spiro atoms. The number of nitrogens with one attached hydrogen (secondary N) is 2. The summed E-state index contributed by atoms with van der Waals surface area (Å²) in [5.74, 6) is -0.386. The topological polar surface area (TPSA) is 104 Å². The lowest BCUT2D eigenvalue weighted by Gasteiger charge is -2.28. The van der Waals surface area contributed by atoms with Crippen LogP contribution in [0.25, 0.3) is 0 Å². The molecule has 1 aliphatic rings. The molecule has 2 N–H and O–H groups in total. The number of hydrogen-bond acceptors (Lipinski definition) is 5. The third kappa shape index (κ3) is 5.08. The first kappa shape index (κ1) is 22.2. The van der Waals surface area contributed by atoms with Crippen LogP contribution in [0.5, 0.6) is 0 Å².